The zero-order chi connectivity index (χ0) is 27.2. The van der Waals surface area contributed by atoms with E-state index in [9.17, 15) is 4.79 Å². The van der Waals surface area contributed by atoms with Crippen LogP contribution in [0.2, 0.25) is 5.02 Å². The van der Waals surface area contributed by atoms with Gasteiger partial charge in [-0.25, -0.2) is 9.97 Å². The molecule has 10 heteroatoms. The van der Waals surface area contributed by atoms with Gasteiger partial charge >= 0.3 is 0 Å². The van der Waals surface area contributed by atoms with Gasteiger partial charge in [0.1, 0.15) is 17.8 Å². The highest BCUT2D eigenvalue weighted by atomic mass is 35.5. The highest BCUT2D eigenvalue weighted by molar-refractivity contribution is 6.30. The first kappa shape index (κ1) is 28.2. The van der Waals surface area contributed by atoms with Crippen LogP contribution in [0, 0.1) is 6.92 Å². The zero-order valence-corrected chi connectivity index (χ0v) is 23.7. The minimum absolute atomic E-state index is 0.0334. The van der Waals surface area contributed by atoms with Gasteiger partial charge in [-0.15, -0.1) is 0 Å². The van der Waals surface area contributed by atoms with Crippen molar-refractivity contribution in [2.24, 2.45) is 0 Å². The standard InChI is InChI=1S/C29H40ClN5O4/c1-19-27(29(36)35-13-10-22(11-14-35)34-24-12-15-38-17-26(24)37-2)32-18-33-28(19)31-16-23-4-3-5-25(39-23)20-6-8-21(30)9-7-20/h6-9,18,22-26,34H,3-5,10-17H2,1-2H3,(H,31,32,33)/t23-,24-,25+,26+/m1/s1. The third-order valence-electron chi connectivity index (χ3n) is 8.21. The van der Waals surface area contributed by atoms with Crippen LogP contribution in [-0.4, -0.2) is 85.0 Å². The molecule has 1 amide bonds. The number of ether oxygens (including phenoxy) is 3. The van der Waals surface area contributed by atoms with Crippen LogP contribution < -0.4 is 10.6 Å². The second kappa shape index (κ2) is 13.4. The number of aromatic nitrogens is 2. The summed E-state index contributed by atoms with van der Waals surface area (Å²) in [5, 5.41) is 7.90. The minimum atomic E-state index is -0.0334. The summed E-state index contributed by atoms with van der Waals surface area (Å²) < 4.78 is 17.5. The number of likely N-dealkylation sites (tertiary alicyclic amines) is 1. The molecule has 0 saturated carbocycles. The van der Waals surface area contributed by atoms with Crippen molar-refractivity contribution in [3.8, 4) is 0 Å². The van der Waals surface area contributed by atoms with Gasteiger partial charge in [0.25, 0.3) is 5.91 Å². The Kier molecular flexibility index (Phi) is 9.68. The number of nitrogens with zero attached hydrogens (tertiary/aromatic N) is 3. The van der Waals surface area contributed by atoms with Crippen LogP contribution in [-0.2, 0) is 14.2 Å². The predicted molar refractivity (Wildman–Crippen MR) is 150 cm³/mol. The van der Waals surface area contributed by atoms with Gasteiger partial charge in [-0.1, -0.05) is 23.7 Å². The molecular formula is C29H40ClN5O4. The summed E-state index contributed by atoms with van der Waals surface area (Å²) in [5.74, 6) is 0.654. The molecule has 5 rings (SSSR count). The maximum atomic E-state index is 13.4. The quantitative estimate of drug-likeness (QED) is 0.499. The fourth-order valence-corrected chi connectivity index (χ4v) is 5.99. The average molecular weight is 558 g/mol. The number of methoxy groups -OCH3 is 1. The van der Waals surface area contributed by atoms with Gasteiger partial charge in [0.05, 0.1) is 24.9 Å². The molecule has 4 atom stereocenters. The van der Waals surface area contributed by atoms with Crippen LogP contribution in [0.5, 0.6) is 0 Å². The second-order valence-corrected chi connectivity index (χ2v) is 11.2. The fourth-order valence-electron chi connectivity index (χ4n) is 5.86. The molecule has 2 aromatic rings. The molecule has 3 aliphatic heterocycles. The molecular weight excluding hydrogens is 518 g/mol. The van der Waals surface area contributed by atoms with E-state index in [1.807, 2.05) is 36.1 Å². The summed E-state index contributed by atoms with van der Waals surface area (Å²) in [6.07, 6.45) is 7.51. The maximum Gasteiger partial charge on any atom is 0.272 e. The third-order valence-corrected chi connectivity index (χ3v) is 8.47. The maximum absolute atomic E-state index is 13.4. The summed E-state index contributed by atoms with van der Waals surface area (Å²) in [4.78, 5) is 24.1. The van der Waals surface area contributed by atoms with Crippen molar-refractivity contribution < 1.29 is 19.0 Å². The SMILES string of the molecule is CO[C@H]1COCC[C@H]1NC1CCN(C(=O)c2ncnc(NC[C@H]3CCC[C@@H](c4ccc(Cl)cc4)O3)c2C)CC1. The van der Waals surface area contributed by atoms with Gasteiger partial charge in [0.2, 0.25) is 0 Å². The minimum Gasteiger partial charge on any atom is -0.379 e. The highest BCUT2D eigenvalue weighted by Gasteiger charge is 2.31. The van der Waals surface area contributed by atoms with Gasteiger partial charge in [0.15, 0.2) is 0 Å². The Morgan fingerprint density at radius 2 is 1.92 bits per heavy atom. The molecule has 212 valence electrons. The smallest absolute Gasteiger partial charge is 0.272 e. The number of nitrogens with one attached hydrogen (secondary N) is 2. The number of carbonyl (C=O) groups excluding carboxylic acids is 1. The van der Waals surface area contributed by atoms with Crippen molar-refractivity contribution in [2.75, 3.05) is 45.3 Å². The monoisotopic (exact) mass is 557 g/mol. The van der Waals surface area contributed by atoms with Crippen LogP contribution in [0.1, 0.15) is 66.2 Å². The van der Waals surface area contributed by atoms with Crippen LogP contribution in [0.15, 0.2) is 30.6 Å². The van der Waals surface area contributed by atoms with Gasteiger partial charge in [-0.2, -0.15) is 0 Å². The molecule has 9 nitrogen and oxygen atoms in total. The van der Waals surface area contributed by atoms with Crippen LogP contribution in [0.4, 0.5) is 5.82 Å². The number of amides is 1. The van der Waals surface area contributed by atoms with E-state index < -0.39 is 0 Å². The Hall–Kier alpha value is -2.30. The van der Waals surface area contributed by atoms with Crippen molar-refractivity contribution in [3.63, 3.8) is 0 Å². The zero-order valence-electron chi connectivity index (χ0n) is 22.9. The molecule has 2 N–H and O–H groups in total. The number of benzene rings is 1. The Morgan fingerprint density at radius 3 is 2.69 bits per heavy atom. The lowest BCUT2D eigenvalue weighted by Crippen LogP contribution is -2.54. The van der Waals surface area contributed by atoms with Crippen LogP contribution >= 0.6 is 11.6 Å². The Morgan fingerprint density at radius 1 is 1.13 bits per heavy atom. The Balaban J connectivity index is 1.13. The summed E-state index contributed by atoms with van der Waals surface area (Å²) in [7, 11) is 1.74. The van der Waals surface area contributed by atoms with E-state index in [0.717, 1.165) is 61.3 Å². The molecule has 1 aromatic heterocycles. The molecule has 0 spiro atoms. The van der Waals surface area contributed by atoms with E-state index in [0.29, 0.717) is 49.8 Å². The lowest BCUT2D eigenvalue weighted by atomic mass is 9.98. The molecule has 0 aliphatic carbocycles. The summed E-state index contributed by atoms with van der Waals surface area (Å²) >= 11 is 6.05. The fraction of sp³-hybridized carbons (Fsp3) is 0.621. The molecule has 3 saturated heterocycles. The normalized spacial score (nSPS) is 26.4. The number of hydrogen-bond acceptors (Lipinski definition) is 8. The van der Waals surface area contributed by atoms with E-state index >= 15 is 0 Å². The number of piperidine rings is 1. The van der Waals surface area contributed by atoms with Gasteiger partial charge < -0.3 is 29.7 Å². The van der Waals surface area contributed by atoms with Crippen molar-refractivity contribution >= 4 is 23.3 Å². The van der Waals surface area contributed by atoms with Crippen LogP contribution in [0.3, 0.4) is 0 Å². The molecule has 0 unspecified atom stereocenters. The van der Waals surface area contributed by atoms with E-state index in [2.05, 4.69) is 20.6 Å². The molecule has 39 heavy (non-hydrogen) atoms. The topological polar surface area (TPSA) is 97.8 Å². The lowest BCUT2D eigenvalue weighted by molar-refractivity contribution is -0.0533. The first-order valence-corrected chi connectivity index (χ1v) is 14.5. The predicted octanol–water partition coefficient (Wildman–Crippen LogP) is 4.16. The average Bonchev–Trinajstić information content (AvgIpc) is 2.97. The molecule has 3 fully saturated rings. The van der Waals surface area contributed by atoms with Crippen molar-refractivity contribution in [2.45, 2.75) is 75.8 Å². The summed E-state index contributed by atoms with van der Waals surface area (Å²) in [5.41, 5.74) is 2.39. The molecule has 0 radical (unpaired) electrons. The summed E-state index contributed by atoms with van der Waals surface area (Å²) in [6, 6.07) is 8.55. The van der Waals surface area contributed by atoms with Crippen molar-refractivity contribution in [1.29, 1.82) is 0 Å². The molecule has 3 aliphatic rings. The first-order valence-electron chi connectivity index (χ1n) is 14.1. The van der Waals surface area contributed by atoms with E-state index in [1.165, 1.54) is 6.33 Å². The number of rotatable bonds is 8. The Bertz CT molecular complexity index is 1100. The second-order valence-electron chi connectivity index (χ2n) is 10.8. The lowest BCUT2D eigenvalue weighted by Gasteiger charge is -2.38. The summed E-state index contributed by atoms with van der Waals surface area (Å²) in [6.45, 7) is 5.33. The van der Waals surface area contributed by atoms with E-state index in [1.54, 1.807) is 7.11 Å². The molecule has 1 aromatic carbocycles. The van der Waals surface area contributed by atoms with Crippen LogP contribution in [0.25, 0.3) is 0 Å². The Labute approximate surface area is 236 Å². The van der Waals surface area contributed by atoms with E-state index in [4.69, 9.17) is 25.8 Å². The number of anilines is 1. The largest absolute Gasteiger partial charge is 0.379 e. The number of hydrogen-bond donors (Lipinski definition) is 2. The highest BCUT2D eigenvalue weighted by Crippen LogP contribution is 2.32. The molecule has 4 heterocycles. The number of carbonyl (C=O) groups is 1. The van der Waals surface area contributed by atoms with Gasteiger partial charge in [-0.3, -0.25) is 4.79 Å². The van der Waals surface area contributed by atoms with Gasteiger partial charge in [0, 0.05) is 56.0 Å². The van der Waals surface area contributed by atoms with E-state index in [-0.39, 0.29) is 24.2 Å². The van der Waals surface area contributed by atoms with Crippen molar-refractivity contribution in [3.05, 3.63) is 52.4 Å². The number of halogens is 1. The van der Waals surface area contributed by atoms with Gasteiger partial charge in [-0.05, 0) is 63.1 Å². The molecule has 0 bridgehead atoms. The van der Waals surface area contributed by atoms with Crippen molar-refractivity contribution in [1.82, 2.24) is 20.2 Å². The third kappa shape index (κ3) is 7.08. The first-order chi connectivity index (χ1) is 19.0.